The van der Waals surface area contributed by atoms with E-state index in [9.17, 15) is 10.0 Å². The number of aromatic nitrogens is 1. The Labute approximate surface area is 130 Å². The highest BCUT2D eigenvalue weighted by Crippen LogP contribution is 2.25. The summed E-state index contributed by atoms with van der Waals surface area (Å²) in [7, 11) is 0. The van der Waals surface area contributed by atoms with Crippen LogP contribution in [-0.2, 0) is 4.79 Å². The molecule has 0 spiro atoms. The van der Waals surface area contributed by atoms with Gasteiger partial charge in [0.15, 0.2) is 6.20 Å². The number of pyridine rings is 1. The molecule has 1 heterocycles. The molecule has 0 saturated heterocycles. The summed E-state index contributed by atoms with van der Waals surface area (Å²) in [5, 5.41) is 15.4. The van der Waals surface area contributed by atoms with Gasteiger partial charge in [-0.15, -0.1) is 0 Å². The molecule has 0 aliphatic rings. The zero-order chi connectivity index (χ0) is 14.5. The molecule has 0 saturated carbocycles. The molecule has 1 aromatic heterocycles. The molecule has 1 N–H and O–H groups in total. The number of nitrogens with zero attached hydrogens (tertiary/aromatic N) is 1. The number of benzene rings is 1. The Balaban J connectivity index is 1.94. The van der Waals surface area contributed by atoms with Gasteiger partial charge in [0.25, 0.3) is 5.03 Å². The number of anilines is 1. The van der Waals surface area contributed by atoms with Gasteiger partial charge in [0.05, 0.1) is 16.5 Å². The van der Waals surface area contributed by atoms with Crippen LogP contribution in [0.25, 0.3) is 0 Å². The summed E-state index contributed by atoms with van der Waals surface area (Å²) >= 11 is 12.9. The average molecular weight is 329 g/mol. The van der Waals surface area contributed by atoms with E-state index in [1.807, 2.05) is 0 Å². The Morgan fingerprint density at radius 3 is 2.80 bits per heavy atom. The van der Waals surface area contributed by atoms with Crippen molar-refractivity contribution in [3.63, 3.8) is 0 Å². The predicted molar refractivity (Wildman–Crippen MR) is 81.2 cm³/mol. The van der Waals surface area contributed by atoms with Gasteiger partial charge in [-0.3, -0.25) is 4.79 Å². The van der Waals surface area contributed by atoms with E-state index in [1.165, 1.54) is 6.20 Å². The molecule has 20 heavy (non-hydrogen) atoms. The second kappa shape index (κ2) is 6.83. The van der Waals surface area contributed by atoms with Crippen LogP contribution in [0, 0.1) is 5.21 Å². The number of hydrogen-bond acceptors (Lipinski definition) is 3. The van der Waals surface area contributed by atoms with Crippen LogP contribution in [0.3, 0.4) is 0 Å². The van der Waals surface area contributed by atoms with E-state index < -0.39 is 0 Å². The van der Waals surface area contributed by atoms with Crippen molar-refractivity contribution >= 4 is 46.6 Å². The first-order chi connectivity index (χ1) is 9.56. The van der Waals surface area contributed by atoms with Crippen LogP contribution in [0.15, 0.2) is 47.6 Å². The number of hydrogen-bond donors (Lipinski definition) is 1. The van der Waals surface area contributed by atoms with Crippen molar-refractivity contribution in [3.05, 3.63) is 57.8 Å². The molecule has 0 aliphatic carbocycles. The number of amides is 1. The van der Waals surface area contributed by atoms with Gasteiger partial charge < -0.3 is 10.5 Å². The molecule has 1 aromatic carbocycles. The van der Waals surface area contributed by atoms with E-state index in [4.69, 9.17) is 23.2 Å². The Morgan fingerprint density at radius 1 is 1.30 bits per heavy atom. The largest absolute Gasteiger partial charge is 0.618 e. The quantitative estimate of drug-likeness (QED) is 0.532. The highest BCUT2D eigenvalue weighted by molar-refractivity contribution is 7.99. The van der Waals surface area contributed by atoms with Crippen LogP contribution < -0.4 is 10.0 Å². The standard InChI is InChI=1S/C13H10Cl2N2O2S/c14-9-4-5-11(10(15)7-9)16-12(18)8-20-13-3-1-2-6-17(13)19/h1-7H,8H2,(H,16,18). The van der Waals surface area contributed by atoms with Gasteiger partial charge in [-0.2, -0.15) is 4.73 Å². The summed E-state index contributed by atoms with van der Waals surface area (Å²) in [6.45, 7) is 0. The normalized spacial score (nSPS) is 10.3. The number of thioether (sulfide) groups is 1. The summed E-state index contributed by atoms with van der Waals surface area (Å²) in [5.74, 6) is -0.131. The van der Waals surface area contributed by atoms with Crippen LogP contribution in [0.1, 0.15) is 0 Å². The zero-order valence-corrected chi connectivity index (χ0v) is 12.5. The van der Waals surface area contributed by atoms with Crippen LogP contribution in [-0.4, -0.2) is 11.7 Å². The number of rotatable bonds is 4. The van der Waals surface area contributed by atoms with Crippen molar-refractivity contribution in [2.75, 3.05) is 11.1 Å². The number of carbonyl (C=O) groups is 1. The summed E-state index contributed by atoms with van der Waals surface area (Å²) < 4.78 is 0.715. The van der Waals surface area contributed by atoms with E-state index in [-0.39, 0.29) is 11.7 Å². The van der Waals surface area contributed by atoms with Crippen molar-refractivity contribution in [1.82, 2.24) is 0 Å². The molecule has 0 bridgehead atoms. The van der Waals surface area contributed by atoms with Gasteiger partial charge in [0.2, 0.25) is 5.91 Å². The summed E-state index contributed by atoms with van der Waals surface area (Å²) in [4.78, 5) is 11.8. The Bertz CT molecular complexity index is 638. The first-order valence-electron chi connectivity index (χ1n) is 5.62. The molecule has 0 aliphatic heterocycles. The maximum atomic E-state index is 11.8. The number of nitrogens with one attached hydrogen (secondary N) is 1. The second-order valence-electron chi connectivity index (χ2n) is 3.83. The highest BCUT2D eigenvalue weighted by Gasteiger charge is 2.10. The zero-order valence-electron chi connectivity index (χ0n) is 10.2. The van der Waals surface area contributed by atoms with Crippen molar-refractivity contribution in [3.8, 4) is 0 Å². The van der Waals surface area contributed by atoms with Crippen LogP contribution in [0.5, 0.6) is 0 Å². The third kappa shape index (κ3) is 4.03. The third-order valence-corrected chi connectivity index (χ3v) is 3.91. The van der Waals surface area contributed by atoms with Gasteiger partial charge in [-0.25, -0.2) is 0 Å². The first-order valence-corrected chi connectivity index (χ1v) is 7.36. The highest BCUT2D eigenvalue weighted by atomic mass is 35.5. The van der Waals surface area contributed by atoms with Gasteiger partial charge in [-0.05, 0) is 36.0 Å². The molecule has 4 nitrogen and oxygen atoms in total. The van der Waals surface area contributed by atoms with E-state index in [2.05, 4.69) is 5.32 Å². The fourth-order valence-electron chi connectivity index (χ4n) is 1.44. The van der Waals surface area contributed by atoms with Crippen LogP contribution in [0.4, 0.5) is 5.69 Å². The maximum Gasteiger partial charge on any atom is 0.251 e. The fraction of sp³-hybridized carbons (Fsp3) is 0.0769. The average Bonchev–Trinajstić information content (AvgIpc) is 2.41. The molecule has 104 valence electrons. The lowest BCUT2D eigenvalue weighted by atomic mass is 10.3. The molecule has 1 amide bonds. The minimum Gasteiger partial charge on any atom is -0.618 e. The third-order valence-electron chi connectivity index (χ3n) is 2.34. The minimum atomic E-state index is -0.247. The Hall–Kier alpha value is -1.43. The van der Waals surface area contributed by atoms with E-state index >= 15 is 0 Å². The topological polar surface area (TPSA) is 56.0 Å². The fourth-order valence-corrected chi connectivity index (χ4v) is 2.61. The molecule has 2 rings (SSSR count). The molecular weight excluding hydrogens is 319 g/mol. The van der Waals surface area contributed by atoms with Crippen molar-refractivity contribution in [2.45, 2.75) is 5.03 Å². The maximum absolute atomic E-state index is 11.8. The van der Waals surface area contributed by atoms with Crippen LogP contribution in [0.2, 0.25) is 10.0 Å². The summed E-state index contributed by atoms with van der Waals surface area (Å²) in [6, 6.07) is 9.84. The molecule has 7 heteroatoms. The Morgan fingerprint density at radius 2 is 2.10 bits per heavy atom. The lowest BCUT2D eigenvalue weighted by Gasteiger charge is -2.07. The Kier molecular flexibility index (Phi) is 5.11. The lowest BCUT2D eigenvalue weighted by molar-refractivity contribution is -0.645. The van der Waals surface area contributed by atoms with Gasteiger partial charge in [0, 0.05) is 17.2 Å². The van der Waals surface area contributed by atoms with Crippen molar-refractivity contribution < 1.29 is 9.52 Å². The van der Waals surface area contributed by atoms with Gasteiger partial charge in [0.1, 0.15) is 0 Å². The number of halogens is 2. The minimum absolute atomic E-state index is 0.116. The van der Waals surface area contributed by atoms with Gasteiger partial charge >= 0.3 is 0 Å². The monoisotopic (exact) mass is 328 g/mol. The SMILES string of the molecule is O=C(CSc1cccc[n+]1[O-])Nc1ccc(Cl)cc1Cl. The molecule has 2 aromatic rings. The molecule has 0 fully saturated rings. The molecular formula is C13H10Cl2N2O2S. The first kappa shape index (κ1) is 15.0. The van der Waals surface area contributed by atoms with Crippen molar-refractivity contribution in [2.24, 2.45) is 0 Å². The molecule has 0 unspecified atom stereocenters. The predicted octanol–water partition coefficient (Wildman–Crippen LogP) is 3.36. The number of carbonyl (C=O) groups excluding carboxylic acids is 1. The summed E-state index contributed by atoms with van der Waals surface area (Å²) in [6.07, 6.45) is 1.39. The van der Waals surface area contributed by atoms with E-state index in [1.54, 1.807) is 36.4 Å². The van der Waals surface area contributed by atoms with Crippen LogP contribution >= 0.6 is 35.0 Å². The molecule has 0 radical (unpaired) electrons. The smallest absolute Gasteiger partial charge is 0.251 e. The van der Waals surface area contributed by atoms with E-state index in [0.717, 1.165) is 11.8 Å². The van der Waals surface area contributed by atoms with E-state index in [0.29, 0.717) is 25.5 Å². The van der Waals surface area contributed by atoms with Gasteiger partial charge in [-0.1, -0.05) is 23.2 Å². The summed E-state index contributed by atoms with van der Waals surface area (Å²) in [5.41, 5.74) is 0.490. The molecule has 0 atom stereocenters. The second-order valence-corrected chi connectivity index (χ2v) is 5.66. The van der Waals surface area contributed by atoms with Crippen molar-refractivity contribution in [1.29, 1.82) is 0 Å². The lowest BCUT2D eigenvalue weighted by Crippen LogP contribution is -2.28.